The maximum Gasteiger partial charge on any atom is 0.405 e. The minimum absolute atomic E-state index is 0.221. The van der Waals surface area contributed by atoms with Crippen molar-refractivity contribution in [2.75, 3.05) is 20.8 Å². The summed E-state index contributed by atoms with van der Waals surface area (Å²) in [6, 6.07) is 25.4. The van der Waals surface area contributed by atoms with Crippen molar-refractivity contribution in [3.8, 4) is 11.5 Å². The molecule has 224 valence electrons. The Balaban J connectivity index is 1.58. The summed E-state index contributed by atoms with van der Waals surface area (Å²) < 4.78 is 29.8. The van der Waals surface area contributed by atoms with E-state index in [0.29, 0.717) is 11.5 Å². The van der Waals surface area contributed by atoms with Gasteiger partial charge in [-0.15, -0.1) is 0 Å². The third-order valence-corrected chi connectivity index (χ3v) is 7.33. The van der Waals surface area contributed by atoms with E-state index in [1.165, 1.54) is 6.20 Å². The summed E-state index contributed by atoms with van der Waals surface area (Å²) in [6.45, 7) is -0.221. The van der Waals surface area contributed by atoms with Crippen LogP contribution in [0.3, 0.4) is 0 Å². The molecule has 0 radical (unpaired) electrons. The largest absolute Gasteiger partial charge is 0.497 e. The zero-order valence-electron chi connectivity index (χ0n) is 23.4. The number of amides is 1. The van der Waals surface area contributed by atoms with E-state index in [1.54, 1.807) is 14.2 Å². The number of H-pyrrole nitrogens is 1. The van der Waals surface area contributed by atoms with Crippen molar-refractivity contribution in [1.29, 1.82) is 0 Å². The summed E-state index contributed by atoms with van der Waals surface area (Å²) in [5.41, 5.74) is 4.87. The highest BCUT2D eigenvalue weighted by molar-refractivity contribution is 5.65. The summed E-state index contributed by atoms with van der Waals surface area (Å²) in [6.07, 6.45) is -5.20. The number of aromatic amines is 1. The van der Waals surface area contributed by atoms with E-state index in [0.717, 1.165) is 27.3 Å². The van der Waals surface area contributed by atoms with Crippen LogP contribution in [0.2, 0.25) is 0 Å². The molecule has 1 saturated heterocycles. The van der Waals surface area contributed by atoms with E-state index >= 15 is 0 Å². The molecule has 1 fully saturated rings. The van der Waals surface area contributed by atoms with Gasteiger partial charge in [0, 0.05) is 12.3 Å². The van der Waals surface area contributed by atoms with Crippen molar-refractivity contribution in [2.45, 2.75) is 30.1 Å². The third kappa shape index (κ3) is 5.89. The van der Waals surface area contributed by atoms with Crippen LogP contribution in [0.5, 0.6) is 11.5 Å². The highest BCUT2D eigenvalue weighted by atomic mass is 16.6. The number of nitrogens with zero attached hydrogens (tertiary/aromatic N) is 1. The number of methoxy groups -OCH3 is 2. The minimum Gasteiger partial charge on any atom is -0.497 e. The number of aliphatic hydroxyl groups is 1. The number of nitrogens with two attached hydrogens (primary N) is 1. The van der Waals surface area contributed by atoms with Crippen LogP contribution in [-0.2, 0) is 19.8 Å². The molecule has 1 aromatic heterocycles. The molecule has 0 bridgehead atoms. The molecule has 0 spiro atoms. The Kier molecular flexibility index (Phi) is 8.62. The molecule has 0 aliphatic carbocycles. The third-order valence-electron chi connectivity index (χ3n) is 7.33. The molecule has 43 heavy (non-hydrogen) atoms. The van der Waals surface area contributed by atoms with Gasteiger partial charge < -0.3 is 34.5 Å². The smallest absolute Gasteiger partial charge is 0.405 e. The lowest BCUT2D eigenvalue weighted by molar-refractivity contribution is -0.0959. The predicted octanol–water partition coefficient (Wildman–Crippen LogP) is 2.28. The molecule has 3 aromatic carbocycles. The monoisotopic (exact) mass is 589 g/mol. The second-order valence-corrected chi connectivity index (χ2v) is 9.79. The van der Waals surface area contributed by atoms with Crippen LogP contribution >= 0.6 is 0 Å². The molecule has 5 rings (SSSR count). The summed E-state index contributed by atoms with van der Waals surface area (Å²) in [4.78, 5) is 38.1. The Labute approximate surface area is 246 Å². The maximum atomic E-state index is 12.6. The van der Waals surface area contributed by atoms with E-state index in [2.05, 4.69) is 4.98 Å². The predicted molar refractivity (Wildman–Crippen MR) is 154 cm³/mol. The normalized spacial score (nSPS) is 20.0. The topological polar surface area (TPSA) is 164 Å². The number of nitrogens with one attached hydrogen (secondary N) is 1. The summed E-state index contributed by atoms with van der Waals surface area (Å²) in [5.74, 6) is 1.30. The van der Waals surface area contributed by atoms with Crippen LogP contribution in [0, 0.1) is 0 Å². The number of hydrogen-bond acceptors (Lipinski definition) is 9. The van der Waals surface area contributed by atoms with Gasteiger partial charge in [-0.2, -0.15) is 0 Å². The van der Waals surface area contributed by atoms with Gasteiger partial charge in [0.05, 0.1) is 20.8 Å². The van der Waals surface area contributed by atoms with Crippen molar-refractivity contribution in [2.24, 2.45) is 5.73 Å². The average Bonchev–Trinajstić information content (AvgIpc) is 3.32. The molecule has 1 amide bonds. The fraction of sp³-hybridized carbons (Fsp3) is 0.258. The van der Waals surface area contributed by atoms with Gasteiger partial charge in [-0.1, -0.05) is 54.6 Å². The van der Waals surface area contributed by atoms with Gasteiger partial charge >= 0.3 is 11.8 Å². The SMILES string of the molecule is COc1ccc(C(OC[C@H]2O[C@@H](n3ccc(=O)[nH]c3=O)[C@H](OC(N)=O)[C@@H]2O)(c2ccccc2)c2ccc(OC)cc2)cc1. The van der Waals surface area contributed by atoms with Gasteiger partial charge in [0.25, 0.3) is 5.56 Å². The van der Waals surface area contributed by atoms with Gasteiger partial charge in [-0.05, 0) is 41.0 Å². The second-order valence-electron chi connectivity index (χ2n) is 9.79. The van der Waals surface area contributed by atoms with Crippen LogP contribution in [0.15, 0.2) is 101 Å². The molecule has 4 N–H and O–H groups in total. The first kappa shape index (κ1) is 29.6. The Hall–Kier alpha value is -4.91. The highest BCUT2D eigenvalue weighted by Crippen LogP contribution is 2.43. The second kappa shape index (κ2) is 12.5. The molecule has 12 nitrogen and oxygen atoms in total. The first-order valence-electron chi connectivity index (χ1n) is 13.4. The molecule has 1 aliphatic heterocycles. The van der Waals surface area contributed by atoms with Crippen LogP contribution in [0.25, 0.3) is 0 Å². The zero-order chi connectivity index (χ0) is 30.6. The molecular weight excluding hydrogens is 558 g/mol. The standard InChI is InChI=1S/C31H31N3O9/c1-39-22-12-8-20(9-13-22)31(19-6-4-3-5-7-19,21-10-14-23(40-2)15-11-21)41-18-24-26(36)27(43-29(32)37)28(42-24)34-17-16-25(35)33-30(34)38/h3-17,24,26-28,36H,18H2,1-2H3,(H2,32,37)(H,33,35,38)/t24-,26-,27-,28-/m1/s1. The van der Waals surface area contributed by atoms with Gasteiger partial charge in [-0.3, -0.25) is 14.3 Å². The summed E-state index contributed by atoms with van der Waals surface area (Å²) in [7, 11) is 3.15. The number of ether oxygens (including phenoxy) is 5. The van der Waals surface area contributed by atoms with E-state index < -0.39 is 47.5 Å². The molecule has 12 heteroatoms. The first-order valence-corrected chi connectivity index (χ1v) is 13.4. The van der Waals surface area contributed by atoms with Gasteiger partial charge in [0.1, 0.15) is 29.3 Å². The van der Waals surface area contributed by atoms with E-state index in [4.69, 9.17) is 29.4 Å². The molecule has 1 aliphatic rings. The first-order chi connectivity index (χ1) is 20.8. The minimum atomic E-state index is -1.45. The number of benzene rings is 3. The van der Waals surface area contributed by atoms with E-state index in [-0.39, 0.29) is 6.61 Å². The Morgan fingerprint density at radius 3 is 1.98 bits per heavy atom. The van der Waals surface area contributed by atoms with Crippen molar-refractivity contribution in [1.82, 2.24) is 9.55 Å². The Bertz CT molecular complexity index is 1610. The van der Waals surface area contributed by atoms with Gasteiger partial charge in [0.2, 0.25) is 0 Å². The number of carbonyl (C=O) groups is 1. The fourth-order valence-corrected chi connectivity index (χ4v) is 5.25. The van der Waals surface area contributed by atoms with Crippen molar-refractivity contribution >= 4 is 6.09 Å². The highest BCUT2D eigenvalue weighted by Gasteiger charge is 2.49. The van der Waals surface area contributed by atoms with E-state index in [9.17, 15) is 19.5 Å². The lowest BCUT2D eigenvalue weighted by Crippen LogP contribution is -2.42. The van der Waals surface area contributed by atoms with Crippen LogP contribution < -0.4 is 26.5 Å². The zero-order valence-corrected chi connectivity index (χ0v) is 23.4. The number of aromatic nitrogens is 2. The van der Waals surface area contributed by atoms with Crippen molar-refractivity contribution < 1.29 is 33.6 Å². The number of primary amides is 1. The number of carbonyl (C=O) groups excluding carboxylic acids is 1. The van der Waals surface area contributed by atoms with Gasteiger partial charge in [0.15, 0.2) is 12.3 Å². The molecule has 4 aromatic rings. The molecule has 0 unspecified atom stereocenters. The van der Waals surface area contributed by atoms with E-state index in [1.807, 2.05) is 78.9 Å². The molecule has 0 saturated carbocycles. The number of rotatable bonds is 10. The fourth-order valence-electron chi connectivity index (χ4n) is 5.25. The van der Waals surface area contributed by atoms with Crippen LogP contribution in [0.1, 0.15) is 22.9 Å². The summed E-state index contributed by atoms with van der Waals surface area (Å²) >= 11 is 0. The number of aliphatic hydroxyl groups excluding tert-OH is 1. The summed E-state index contributed by atoms with van der Waals surface area (Å²) in [5, 5.41) is 11.3. The van der Waals surface area contributed by atoms with Crippen LogP contribution in [0.4, 0.5) is 4.79 Å². The molecule has 2 heterocycles. The Morgan fingerprint density at radius 2 is 1.47 bits per heavy atom. The maximum absolute atomic E-state index is 12.6. The number of hydrogen-bond donors (Lipinski definition) is 3. The van der Waals surface area contributed by atoms with Gasteiger partial charge in [-0.25, -0.2) is 9.59 Å². The lowest BCUT2D eigenvalue weighted by Gasteiger charge is -2.37. The Morgan fingerprint density at radius 1 is 0.907 bits per heavy atom. The lowest BCUT2D eigenvalue weighted by atomic mass is 9.80. The molecule has 4 atom stereocenters. The molecular formula is C31H31N3O9. The van der Waals surface area contributed by atoms with Crippen molar-refractivity contribution in [3.63, 3.8) is 0 Å². The average molecular weight is 590 g/mol. The van der Waals surface area contributed by atoms with Crippen molar-refractivity contribution in [3.05, 3.63) is 129 Å². The van der Waals surface area contributed by atoms with Crippen LogP contribution in [-0.4, -0.2) is 59.9 Å². The quantitative estimate of drug-likeness (QED) is 0.235.